The maximum atomic E-state index is 5.76. The molecular formula is C23H35NS. The molecule has 1 aliphatic rings. The van der Waals surface area contributed by atoms with E-state index in [0.29, 0.717) is 17.7 Å². The Balaban J connectivity index is 3.34. The van der Waals surface area contributed by atoms with E-state index in [1.165, 1.54) is 23.3 Å². The van der Waals surface area contributed by atoms with Crippen molar-refractivity contribution in [1.29, 1.82) is 0 Å². The van der Waals surface area contributed by atoms with Crippen LogP contribution in [0.1, 0.15) is 47.0 Å². The Hall–Kier alpha value is -1.25. The predicted octanol–water partition coefficient (Wildman–Crippen LogP) is 6.58. The van der Waals surface area contributed by atoms with Crippen LogP contribution in [0, 0.1) is 11.3 Å². The molecule has 0 aromatic carbocycles. The molecule has 2 atom stereocenters. The Bertz CT molecular complexity index is 589. The SMILES string of the molecule is C=CCCCC1/C(=C(\C=C)C(=C)C(/C=C\C)=C/CN)SC(C)C1(C)C. The molecule has 0 amide bonds. The van der Waals surface area contributed by atoms with Crippen molar-refractivity contribution in [2.24, 2.45) is 17.1 Å². The molecule has 0 aromatic heterocycles. The van der Waals surface area contributed by atoms with Gasteiger partial charge in [0.2, 0.25) is 0 Å². The minimum Gasteiger partial charge on any atom is -0.327 e. The van der Waals surface area contributed by atoms with Crippen LogP contribution in [0.2, 0.25) is 0 Å². The van der Waals surface area contributed by atoms with E-state index < -0.39 is 0 Å². The Morgan fingerprint density at radius 2 is 2.00 bits per heavy atom. The smallest absolute Gasteiger partial charge is 0.0120 e. The van der Waals surface area contributed by atoms with E-state index in [2.05, 4.69) is 46.6 Å². The summed E-state index contributed by atoms with van der Waals surface area (Å²) in [4.78, 5) is 1.44. The fraction of sp³-hybridized carbons (Fsp3) is 0.478. The zero-order valence-electron chi connectivity index (χ0n) is 16.5. The van der Waals surface area contributed by atoms with Gasteiger partial charge in [-0.05, 0) is 59.1 Å². The molecule has 1 saturated heterocycles. The van der Waals surface area contributed by atoms with Gasteiger partial charge in [0.05, 0.1) is 0 Å². The molecule has 2 N–H and O–H groups in total. The van der Waals surface area contributed by atoms with Gasteiger partial charge in [0, 0.05) is 11.8 Å². The molecule has 2 unspecified atom stereocenters. The van der Waals surface area contributed by atoms with E-state index >= 15 is 0 Å². The van der Waals surface area contributed by atoms with E-state index in [1.807, 2.05) is 43.0 Å². The summed E-state index contributed by atoms with van der Waals surface area (Å²) in [5, 5.41) is 0.572. The van der Waals surface area contributed by atoms with E-state index in [1.54, 1.807) is 0 Å². The van der Waals surface area contributed by atoms with Gasteiger partial charge < -0.3 is 5.73 Å². The van der Waals surface area contributed by atoms with Gasteiger partial charge in [-0.2, -0.15) is 0 Å². The lowest BCUT2D eigenvalue weighted by Crippen LogP contribution is -2.27. The molecule has 0 aromatic rings. The van der Waals surface area contributed by atoms with Gasteiger partial charge in [-0.15, -0.1) is 18.3 Å². The average Bonchev–Trinajstić information content (AvgIpc) is 2.79. The van der Waals surface area contributed by atoms with Crippen molar-refractivity contribution >= 4 is 11.8 Å². The molecule has 0 radical (unpaired) electrons. The third kappa shape index (κ3) is 5.12. The number of allylic oxidation sites excluding steroid dienone is 8. The van der Waals surface area contributed by atoms with Crippen LogP contribution in [0.15, 0.2) is 71.7 Å². The number of thioether (sulfide) groups is 1. The lowest BCUT2D eigenvalue weighted by molar-refractivity contribution is 0.252. The summed E-state index contributed by atoms with van der Waals surface area (Å²) in [7, 11) is 0. The van der Waals surface area contributed by atoms with Crippen LogP contribution in [0.5, 0.6) is 0 Å². The van der Waals surface area contributed by atoms with E-state index in [9.17, 15) is 0 Å². The molecule has 1 nitrogen and oxygen atoms in total. The molecule has 1 heterocycles. The minimum atomic E-state index is 0.258. The lowest BCUT2D eigenvalue weighted by atomic mass is 9.73. The molecule has 138 valence electrons. The van der Waals surface area contributed by atoms with Crippen molar-refractivity contribution in [1.82, 2.24) is 0 Å². The van der Waals surface area contributed by atoms with Crippen molar-refractivity contribution in [2.45, 2.75) is 52.2 Å². The molecule has 2 heteroatoms. The maximum Gasteiger partial charge on any atom is 0.0120 e. The van der Waals surface area contributed by atoms with Gasteiger partial charge in [-0.25, -0.2) is 0 Å². The number of hydrogen-bond acceptors (Lipinski definition) is 2. The number of nitrogens with two attached hydrogens (primary N) is 1. The van der Waals surface area contributed by atoms with Crippen LogP contribution in [-0.4, -0.2) is 11.8 Å². The molecule has 25 heavy (non-hydrogen) atoms. The Labute approximate surface area is 159 Å². The molecule has 1 rings (SSSR count). The first-order valence-electron chi connectivity index (χ1n) is 9.21. The fourth-order valence-corrected chi connectivity index (χ4v) is 5.16. The number of unbranched alkanes of at least 4 members (excludes halogenated alkanes) is 1. The normalized spacial score (nSPS) is 25.2. The molecule has 0 bridgehead atoms. The summed E-state index contributed by atoms with van der Waals surface area (Å²) in [5.74, 6) is 0.530. The maximum absolute atomic E-state index is 5.76. The van der Waals surface area contributed by atoms with Crippen LogP contribution in [0.3, 0.4) is 0 Å². The molecule has 0 saturated carbocycles. The van der Waals surface area contributed by atoms with Crippen molar-refractivity contribution in [2.75, 3.05) is 6.54 Å². The Kier molecular flexibility index (Phi) is 8.75. The van der Waals surface area contributed by atoms with Gasteiger partial charge in [0.1, 0.15) is 0 Å². The first-order chi connectivity index (χ1) is 11.8. The van der Waals surface area contributed by atoms with Gasteiger partial charge >= 0.3 is 0 Å². The average molecular weight is 358 g/mol. The highest BCUT2D eigenvalue weighted by Gasteiger charge is 2.45. The van der Waals surface area contributed by atoms with Crippen LogP contribution in [-0.2, 0) is 0 Å². The van der Waals surface area contributed by atoms with Crippen LogP contribution >= 0.6 is 11.8 Å². The van der Waals surface area contributed by atoms with Gasteiger partial charge in [-0.1, -0.05) is 64.3 Å². The molecular weight excluding hydrogens is 322 g/mol. The second-order valence-corrected chi connectivity index (χ2v) is 8.59. The Morgan fingerprint density at radius 1 is 1.32 bits per heavy atom. The van der Waals surface area contributed by atoms with Crippen molar-refractivity contribution in [3.63, 3.8) is 0 Å². The first-order valence-corrected chi connectivity index (χ1v) is 10.1. The van der Waals surface area contributed by atoms with Gasteiger partial charge in [0.25, 0.3) is 0 Å². The Morgan fingerprint density at radius 3 is 2.52 bits per heavy atom. The van der Waals surface area contributed by atoms with Crippen LogP contribution in [0.4, 0.5) is 0 Å². The summed E-state index contributed by atoms with van der Waals surface area (Å²) in [6.07, 6.45) is 13.6. The van der Waals surface area contributed by atoms with Crippen molar-refractivity contribution in [3.05, 3.63) is 71.7 Å². The van der Waals surface area contributed by atoms with Gasteiger partial charge in [0.15, 0.2) is 0 Å². The highest BCUT2D eigenvalue weighted by Crippen LogP contribution is 2.57. The minimum absolute atomic E-state index is 0.258. The highest BCUT2D eigenvalue weighted by molar-refractivity contribution is 8.04. The molecule has 0 aliphatic carbocycles. The monoisotopic (exact) mass is 357 g/mol. The summed E-state index contributed by atoms with van der Waals surface area (Å²) in [5.41, 5.74) is 9.32. The lowest BCUT2D eigenvalue weighted by Gasteiger charge is -2.30. The highest BCUT2D eigenvalue weighted by atomic mass is 32.2. The third-order valence-corrected chi connectivity index (χ3v) is 7.01. The quantitative estimate of drug-likeness (QED) is 0.286. The number of hydrogen-bond donors (Lipinski definition) is 1. The first kappa shape index (κ1) is 21.8. The summed E-state index contributed by atoms with van der Waals surface area (Å²) in [6.45, 7) is 22.0. The topological polar surface area (TPSA) is 26.0 Å². The fourth-order valence-electron chi connectivity index (χ4n) is 3.39. The van der Waals surface area contributed by atoms with Crippen LogP contribution < -0.4 is 5.73 Å². The van der Waals surface area contributed by atoms with Gasteiger partial charge in [-0.3, -0.25) is 0 Å². The van der Waals surface area contributed by atoms with E-state index in [4.69, 9.17) is 5.73 Å². The summed E-state index contributed by atoms with van der Waals surface area (Å²) >= 11 is 1.99. The molecule has 1 aliphatic heterocycles. The second kappa shape index (κ2) is 10.0. The predicted molar refractivity (Wildman–Crippen MR) is 117 cm³/mol. The molecule has 0 spiro atoms. The van der Waals surface area contributed by atoms with Crippen molar-refractivity contribution < 1.29 is 0 Å². The summed E-state index contributed by atoms with van der Waals surface area (Å²) < 4.78 is 0. The third-order valence-electron chi connectivity index (χ3n) is 5.29. The van der Waals surface area contributed by atoms with Crippen LogP contribution in [0.25, 0.3) is 0 Å². The largest absolute Gasteiger partial charge is 0.327 e. The summed E-state index contributed by atoms with van der Waals surface area (Å²) in [6, 6.07) is 0. The zero-order valence-corrected chi connectivity index (χ0v) is 17.3. The van der Waals surface area contributed by atoms with Crippen molar-refractivity contribution in [3.8, 4) is 0 Å². The van der Waals surface area contributed by atoms with E-state index in [-0.39, 0.29) is 5.41 Å². The number of rotatable bonds is 9. The van der Waals surface area contributed by atoms with E-state index in [0.717, 1.165) is 17.6 Å². The second-order valence-electron chi connectivity index (χ2n) is 7.21. The molecule has 1 fully saturated rings. The zero-order chi connectivity index (χ0) is 19.0. The standard InChI is InChI=1S/C23H35NS/c1-8-11-12-14-21-22(25-18(5)23(21,6)7)20(10-3)17(4)19(13-9-2)15-16-24/h8-10,13,15,18,21H,1,3-4,11-12,14,16,24H2,2,5-7H3/b13-9-,19-15+,22-20-.